The third-order valence-corrected chi connectivity index (χ3v) is 8.32. The second-order valence-corrected chi connectivity index (χ2v) is 9.44. The fourth-order valence-electron chi connectivity index (χ4n) is 7.11. The zero-order chi connectivity index (χ0) is 19.1. The molecular weight excluding hydrogens is 332 g/mol. The standard InChI is InChI=1S/C21H28O5/c1-11-8-13-14-5-7-21(26,18(24)25)20(14,3)10-16(23)17(13)19(2)6-4-12(22)9-15(11)19/h4,6,9,11,13-14,16-17,23,26H,5,7-8,10H2,1-3H3,(H,24,25)/t11-,13-,14?,16-,17+,19-,20-,21-/m0/s1. The van der Waals surface area contributed by atoms with Gasteiger partial charge >= 0.3 is 5.97 Å². The molecule has 8 atom stereocenters. The highest BCUT2D eigenvalue weighted by atomic mass is 16.4. The number of ketones is 1. The van der Waals surface area contributed by atoms with Gasteiger partial charge in [-0.15, -0.1) is 0 Å². The Morgan fingerprint density at radius 3 is 2.65 bits per heavy atom. The number of hydrogen-bond acceptors (Lipinski definition) is 4. The summed E-state index contributed by atoms with van der Waals surface area (Å²) in [4.78, 5) is 23.8. The zero-order valence-corrected chi connectivity index (χ0v) is 15.6. The molecule has 4 rings (SSSR count). The van der Waals surface area contributed by atoms with Gasteiger partial charge < -0.3 is 15.3 Å². The number of hydrogen-bond donors (Lipinski definition) is 3. The van der Waals surface area contributed by atoms with Crippen molar-refractivity contribution in [1.82, 2.24) is 0 Å². The van der Waals surface area contributed by atoms with E-state index in [1.165, 1.54) is 0 Å². The Balaban J connectivity index is 1.80. The summed E-state index contributed by atoms with van der Waals surface area (Å²) in [5, 5.41) is 31.8. The first-order chi connectivity index (χ1) is 12.0. The molecule has 0 bridgehead atoms. The van der Waals surface area contributed by atoms with Gasteiger partial charge in [0.15, 0.2) is 11.4 Å². The van der Waals surface area contributed by atoms with Crippen LogP contribution in [0.5, 0.6) is 0 Å². The maximum Gasteiger partial charge on any atom is 0.336 e. The molecule has 0 spiro atoms. The number of carboxylic acid groups (broad SMARTS) is 1. The summed E-state index contributed by atoms with van der Waals surface area (Å²) < 4.78 is 0. The van der Waals surface area contributed by atoms with E-state index in [4.69, 9.17) is 0 Å². The van der Waals surface area contributed by atoms with Crippen LogP contribution in [0.15, 0.2) is 23.8 Å². The summed E-state index contributed by atoms with van der Waals surface area (Å²) in [6.45, 7) is 6.06. The first kappa shape index (κ1) is 17.9. The van der Waals surface area contributed by atoms with Gasteiger partial charge in [0.25, 0.3) is 0 Å². The molecule has 0 aliphatic heterocycles. The third kappa shape index (κ3) is 1.99. The van der Waals surface area contributed by atoms with Crippen molar-refractivity contribution in [3.63, 3.8) is 0 Å². The number of carbonyl (C=O) groups is 2. The smallest absolute Gasteiger partial charge is 0.336 e. The van der Waals surface area contributed by atoms with Crippen LogP contribution in [0.4, 0.5) is 0 Å². The van der Waals surface area contributed by atoms with Crippen LogP contribution in [0.25, 0.3) is 0 Å². The van der Waals surface area contributed by atoms with Crippen molar-refractivity contribution in [2.45, 2.75) is 58.2 Å². The Labute approximate surface area is 153 Å². The lowest BCUT2D eigenvalue weighted by Gasteiger charge is -2.60. The van der Waals surface area contributed by atoms with Gasteiger partial charge in [0, 0.05) is 16.7 Å². The molecule has 142 valence electrons. The van der Waals surface area contributed by atoms with Crippen LogP contribution < -0.4 is 0 Å². The summed E-state index contributed by atoms with van der Waals surface area (Å²) in [5.74, 6) is -0.839. The maximum atomic E-state index is 11.9. The molecule has 4 aliphatic rings. The Morgan fingerprint density at radius 1 is 1.31 bits per heavy atom. The lowest BCUT2D eigenvalue weighted by atomic mass is 9.45. The Hall–Kier alpha value is -1.46. The van der Waals surface area contributed by atoms with Crippen LogP contribution in [0.3, 0.4) is 0 Å². The molecule has 5 heteroatoms. The third-order valence-electron chi connectivity index (χ3n) is 8.32. The molecule has 0 amide bonds. The molecule has 0 heterocycles. The Morgan fingerprint density at radius 2 is 2.00 bits per heavy atom. The molecule has 3 N–H and O–H groups in total. The number of carbonyl (C=O) groups excluding carboxylic acids is 1. The lowest BCUT2D eigenvalue weighted by Crippen LogP contribution is -2.62. The van der Waals surface area contributed by atoms with Gasteiger partial charge in [-0.2, -0.15) is 0 Å². The average molecular weight is 360 g/mol. The molecule has 3 saturated carbocycles. The van der Waals surface area contributed by atoms with Gasteiger partial charge in [0.05, 0.1) is 6.10 Å². The average Bonchev–Trinajstić information content (AvgIpc) is 2.81. The number of aliphatic hydroxyl groups is 2. The van der Waals surface area contributed by atoms with Crippen LogP contribution in [-0.4, -0.2) is 38.8 Å². The predicted molar refractivity (Wildman–Crippen MR) is 95.1 cm³/mol. The van der Waals surface area contributed by atoms with Crippen LogP contribution >= 0.6 is 0 Å². The first-order valence-electron chi connectivity index (χ1n) is 9.64. The normalized spacial score (nSPS) is 52.7. The number of fused-ring (bicyclic) bond motifs is 5. The van der Waals surface area contributed by atoms with Gasteiger partial charge in [0.2, 0.25) is 0 Å². The second kappa shape index (κ2) is 5.29. The number of allylic oxidation sites excluding steroid dienone is 4. The van der Waals surface area contributed by atoms with E-state index in [2.05, 4.69) is 13.8 Å². The monoisotopic (exact) mass is 360 g/mol. The SMILES string of the molecule is C[C@H]1C[C@H]2C3CC[C@](O)(C(=O)O)[C@@]3(C)C[C@H](O)[C@@H]2[C@@]2(C)C=CC(=O)C=C12. The van der Waals surface area contributed by atoms with E-state index in [1.807, 2.05) is 13.0 Å². The summed E-state index contributed by atoms with van der Waals surface area (Å²) in [6.07, 6.45) is 6.57. The number of aliphatic carboxylic acids is 1. The zero-order valence-electron chi connectivity index (χ0n) is 15.6. The minimum absolute atomic E-state index is 0.000897. The molecule has 4 aliphatic carbocycles. The summed E-state index contributed by atoms with van der Waals surface area (Å²) >= 11 is 0. The van der Waals surface area contributed by atoms with Gasteiger partial charge in [-0.3, -0.25) is 4.79 Å². The minimum atomic E-state index is -1.78. The molecule has 1 unspecified atom stereocenters. The van der Waals surface area contributed by atoms with Crippen molar-refractivity contribution in [2.24, 2.45) is 34.5 Å². The highest BCUT2D eigenvalue weighted by Gasteiger charge is 2.69. The molecule has 0 aromatic rings. The van der Waals surface area contributed by atoms with Crippen molar-refractivity contribution in [2.75, 3.05) is 0 Å². The van der Waals surface area contributed by atoms with Gasteiger partial charge in [0.1, 0.15) is 0 Å². The molecule has 0 radical (unpaired) electrons. The van der Waals surface area contributed by atoms with E-state index in [0.29, 0.717) is 6.42 Å². The van der Waals surface area contributed by atoms with Crippen LogP contribution in [0.1, 0.15) is 46.5 Å². The Bertz CT molecular complexity index is 739. The summed E-state index contributed by atoms with van der Waals surface area (Å²) in [7, 11) is 0. The van der Waals surface area contributed by atoms with E-state index in [1.54, 1.807) is 12.2 Å². The molecule has 3 fully saturated rings. The minimum Gasteiger partial charge on any atom is -0.479 e. The van der Waals surface area contributed by atoms with Crippen LogP contribution in [0.2, 0.25) is 0 Å². The molecule has 0 saturated heterocycles. The summed E-state index contributed by atoms with van der Waals surface area (Å²) in [5.41, 5.74) is -1.91. The van der Waals surface area contributed by atoms with Crippen LogP contribution in [0, 0.1) is 34.5 Å². The molecule has 26 heavy (non-hydrogen) atoms. The molecule has 0 aromatic carbocycles. The number of carboxylic acids is 1. The fraction of sp³-hybridized carbons (Fsp3) is 0.714. The van der Waals surface area contributed by atoms with Crippen molar-refractivity contribution in [1.29, 1.82) is 0 Å². The topological polar surface area (TPSA) is 94.8 Å². The molecule has 5 nitrogen and oxygen atoms in total. The highest BCUT2D eigenvalue weighted by molar-refractivity contribution is 6.01. The predicted octanol–water partition coefficient (Wildman–Crippen LogP) is 2.33. The van der Waals surface area contributed by atoms with Gasteiger partial charge in [-0.05, 0) is 55.6 Å². The number of aliphatic hydroxyl groups excluding tert-OH is 1. The summed E-state index contributed by atoms with van der Waals surface area (Å²) in [6, 6.07) is 0. The van der Waals surface area contributed by atoms with Gasteiger partial charge in [-0.25, -0.2) is 4.79 Å². The Kier molecular flexibility index (Phi) is 3.65. The van der Waals surface area contributed by atoms with E-state index >= 15 is 0 Å². The van der Waals surface area contributed by atoms with E-state index in [-0.39, 0.29) is 47.7 Å². The van der Waals surface area contributed by atoms with E-state index in [9.17, 15) is 24.9 Å². The fourth-order valence-corrected chi connectivity index (χ4v) is 7.11. The second-order valence-electron chi connectivity index (χ2n) is 9.44. The molecular formula is C21H28O5. The highest BCUT2D eigenvalue weighted by Crippen LogP contribution is 2.67. The van der Waals surface area contributed by atoms with Crippen LogP contribution in [-0.2, 0) is 9.59 Å². The van der Waals surface area contributed by atoms with Crippen molar-refractivity contribution in [3.05, 3.63) is 23.8 Å². The maximum absolute atomic E-state index is 11.9. The first-order valence-corrected chi connectivity index (χ1v) is 9.64. The number of rotatable bonds is 1. The van der Waals surface area contributed by atoms with Gasteiger partial charge in [-0.1, -0.05) is 32.4 Å². The largest absolute Gasteiger partial charge is 0.479 e. The van der Waals surface area contributed by atoms with Crippen molar-refractivity contribution < 1.29 is 24.9 Å². The van der Waals surface area contributed by atoms with Crippen molar-refractivity contribution >= 4 is 11.8 Å². The van der Waals surface area contributed by atoms with Crippen molar-refractivity contribution in [3.8, 4) is 0 Å². The quantitative estimate of drug-likeness (QED) is 0.667. The van der Waals surface area contributed by atoms with E-state index < -0.39 is 23.1 Å². The molecule has 0 aromatic heterocycles. The lowest BCUT2D eigenvalue weighted by molar-refractivity contribution is -0.193. The van der Waals surface area contributed by atoms with E-state index in [0.717, 1.165) is 12.0 Å².